The summed E-state index contributed by atoms with van der Waals surface area (Å²) in [6.07, 6.45) is 0. The predicted octanol–water partition coefficient (Wildman–Crippen LogP) is 9.85. The van der Waals surface area contributed by atoms with Gasteiger partial charge in [0.25, 0.3) is 0 Å². The van der Waals surface area contributed by atoms with Crippen molar-refractivity contribution in [1.29, 1.82) is 0 Å². The van der Waals surface area contributed by atoms with Gasteiger partial charge >= 0.3 is 0 Å². The van der Waals surface area contributed by atoms with Gasteiger partial charge in [-0.1, -0.05) is 97.1 Å². The molecule has 0 bridgehead atoms. The molecule has 0 saturated carbocycles. The van der Waals surface area contributed by atoms with Crippen molar-refractivity contribution < 1.29 is 9.15 Å². The summed E-state index contributed by atoms with van der Waals surface area (Å²) in [4.78, 5) is 0. The highest BCUT2D eigenvalue weighted by Crippen LogP contribution is 2.48. The summed E-state index contributed by atoms with van der Waals surface area (Å²) in [5.74, 6) is 1.81. The maximum absolute atomic E-state index is 6.38. The number of para-hydroxylation sites is 2. The highest BCUT2D eigenvalue weighted by molar-refractivity contribution is 6.11. The zero-order valence-corrected chi connectivity index (χ0v) is 19.4. The molecule has 0 fully saturated rings. The molecule has 8 rings (SSSR count). The number of rotatable bonds is 2. The van der Waals surface area contributed by atoms with Gasteiger partial charge in [-0.2, -0.15) is 0 Å². The summed E-state index contributed by atoms with van der Waals surface area (Å²) in [5.41, 5.74) is 8.73. The van der Waals surface area contributed by atoms with E-state index in [2.05, 4.69) is 103 Å². The van der Waals surface area contributed by atoms with Crippen LogP contribution in [0, 0.1) is 0 Å². The molecule has 36 heavy (non-hydrogen) atoms. The molecule has 168 valence electrons. The quantitative estimate of drug-likeness (QED) is 0.256. The van der Waals surface area contributed by atoms with Crippen molar-refractivity contribution in [2.45, 2.75) is 0 Å². The van der Waals surface area contributed by atoms with E-state index >= 15 is 0 Å². The number of ether oxygens (including phenoxy) is 1. The molecule has 1 aliphatic heterocycles. The van der Waals surface area contributed by atoms with Crippen molar-refractivity contribution >= 4 is 32.7 Å². The van der Waals surface area contributed by atoms with Crippen molar-refractivity contribution in [3.8, 4) is 44.9 Å². The minimum absolute atomic E-state index is 0.891. The summed E-state index contributed by atoms with van der Waals surface area (Å²) in [7, 11) is 0. The van der Waals surface area contributed by atoms with E-state index < -0.39 is 0 Å². The third-order valence-electron chi connectivity index (χ3n) is 7.29. The van der Waals surface area contributed by atoms with Crippen LogP contribution in [-0.2, 0) is 0 Å². The maximum Gasteiger partial charge on any atom is 0.143 e. The molecule has 1 aliphatic rings. The molecule has 2 heteroatoms. The summed E-state index contributed by atoms with van der Waals surface area (Å²) in [6, 6.07) is 42.4. The zero-order valence-electron chi connectivity index (χ0n) is 19.4. The van der Waals surface area contributed by atoms with Gasteiger partial charge < -0.3 is 9.15 Å². The summed E-state index contributed by atoms with van der Waals surface area (Å²) >= 11 is 0. The van der Waals surface area contributed by atoms with E-state index in [1.54, 1.807) is 0 Å². The fourth-order valence-electron chi connectivity index (χ4n) is 5.66. The van der Waals surface area contributed by atoms with Gasteiger partial charge in [0.15, 0.2) is 0 Å². The Morgan fingerprint density at radius 2 is 1.17 bits per heavy atom. The van der Waals surface area contributed by atoms with Crippen LogP contribution in [0.1, 0.15) is 0 Å². The van der Waals surface area contributed by atoms with Crippen molar-refractivity contribution in [1.82, 2.24) is 0 Å². The van der Waals surface area contributed by atoms with E-state index in [-0.39, 0.29) is 0 Å². The van der Waals surface area contributed by atoms with Crippen LogP contribution in [0.3, 0.4) is 0 Å². The molecule has 0 spiro atoms. The molecule has 0 unspecified atom stereocenters. The van der Waals surface area contributed by atoms with E-state index in [0.29, 0.717) is 0 Å². The lowest BCUT2D eigenvalue weighted by Crippen LogP contribution is -1.97. The number of furan rings is 1. The highest BCUT2D eigenvalue weighted by atomic mass is 16.5. The van der Waals surface area contributed by atoms with Crippen LogP contribution in [0.2, 0.25) is 0 Å². The van der Waals surface area contributed by atoms with Crippen LogP contribution >= 0.6 is 0 Å². The first-order chi connectivity index (χ1) is 17.8. The van der Waals surface area contributed by atoms with E-state index in [4.69, 9.17) is 9.15 Å². The summed E-state index contributed by atoms with van der Waals surface area (Å²) < 4.78 is 12.7. The van der Waals surface area contributed by atoms with E-state index in [0.717, 1.165) is 55.7 Å². The Bertz CT molecular complexity index is 1970. The number of fused-ring (bicyclic) bond motifs is 5. The lowest BCUT2D eigenvalue weighted by atomic mass is 9.89. The molecule has 2 heterocycles. The molecule has 6 aromatic carbocycles. The lowest BCUT2D eigenvalue weighted by molar-refractivity contribution is 0.487. The number of hydrogen-bond acceptors (Lipinski definition) is 2. The van der Waals surface area contributed by atoms with Gasteiger partial charge in [0.1, 0.15) is 22.7 Å². The van der Waals surface area contributed by atoms with Crippen LogP contribution in [0.15, 0.2) is 126 Å². The van der Waals surface area contributed by atoms with E-state index in [1.165, 1.54) is 21.9 Å². The average Bonchev–Trinajstić information content (AvgIpc) is 3.32. The fraction of sp³-hybridized carbons (Fsp3) is 0. The van der Waals surface area contributed by atoms with Gasteiger partial charge in [-0.15, -0.1) is 0 Å². The molecule has 0 aliphatic carbocycles. The van der Waals surface area contributed by atoms with Crippen LogP contribution in [0.4, 0.5) is 0 Å². The first kappa shape index (κ1) is 19.5. The molecule has 0 radical (unpaired) electrons. The Labute approximate surface area is 208 Å². The fourth-order valence-corrected chi connectivity index (χ4v) is 5.66. The Kier molecular flexibility index (Phi) is 3.97. The van der Waals surface area contributed by atoms with Crippen LogP contribution in [0.5, 0.6) is 11.5 Å². The molecular weight excluding hydrogens is 440 g/mol. The molecule has 0 amide bonds. The molecular formula is C34H20O2. The smallest absolute Gasteiger partial charge is 0.143 e. The predicted molar refractivity (Wildman–Crippen MR) is 148 cm³/mol. The first-order valence-corrected chi connectivity index (χ1v) is 12.2. The first-order valence-electron chi connectivity index (χ1n) is 12.2. The second-order valence-electron chi connectivity index (χ2n) is 9.30. The van der Waals surface area contributed by atoms with Crippen molar-refractivity contribution in [2.75, 3.05) is 0 Å². The van der Waals surface area contributed by atoms with Gasteiger partial charge in [0.05, 0.1) is 0 Å². The van der Waals surface area contributed by atoms with E-state index in [9.17, 15) is 0 Å². The SMILES string of the molecule is c1ccc(-c2cccc3c2oc2ccccc23)c(-c2ccc3c(c2)-c2cccc4cccc(c24)O3)c1. The van der Waals surface area contributed by atoms with Crippen molar-refractivity contribution in [2.24, 2.45) is 0 Å². The van der Waals surface area contributed by atoms with Crippen LogP contribution < -0.4 is 4.74 Å². The second-order valence-corrected chi connectivity index (χ2v) is 9.30. The average molecular weight is 461 g/mol. The Morgan fingerprint density at radius 3 is 2.11 bits per heavy atom. The van der Waals surface area contributed by atoms with Gasteiger partial charge in [0.2, 0.25) is 0 Å². The monoisotopic (exact) mass is 460 g/mol. The third kappa shape index (κ3) is 2.73. The normalized spacial score (nSPS) is 12.1. The minimum Gasteiger partial charge on any atom is -0.456 e. The second kappa shape index (κ2) is 7.34. The Hall–Kier alpha value is -4.82. The van der Waals surface area contributed by atoms with E-state index in [1.807, 2.05) is 18.2 Å². The van der Waals surface area contributed by atoms with Gasteiger partial charge in [-0.3, -0.25) is 0 Å². The third-order valence-corrected chi connectivity index (χ3v) is 7.29. The zero-order chi connectivity index (χ0) is 23.6. The molecule has 0 N–H and O–H groups in total. The molecule has 1 aromatic heterocycles. The van der Waals surface area contributed by atoms with Crippen molar-refractivity contribution in [3.63, 3.8) is 0 Å². The molecule has 0 saturated heterocycles. The highest BCUT2D eigenvalue weighted by Gasteiger charge is 2.21. The minimum atomic E-state index is 0.891. The summed E-state index contributed by atoms with van der Waals surface area (Å²) in [6.45, 7) is 0. The number of benzene rings is 6. The Balaban J connectivity index is 1.35. The topological polar surface area (TPSA) is 22.4 Å². The standard InChI is InChI=1S/C34H20O2/c1-2-11-24(27-14-7-15-28-25-12-3-4-16-30(25)36-34(27)28)23(10-1)22-18-19-31-29(20-22)26-13-5-8-21-9-6-17-32(35-31)33(21)26/h1-20H. The van der Waals surface area contributed by atoms with Gasteiger partial charge in [-0.25, -0.2) is 0 Å². The number of hydrogen-bond donors (Lipinski definition) is 0. The van der Waals surface area contributed by atoms with Crippen LogP contribution in [-0.4, -0.2) is 0 Å². The van der Waals surface area contributed by atoms with Gasteiger partial charge in [-0.05, 0) is 51.9 Å². The van der Waals surface area contributed by atoms with Crippen molar-refractivity contribution in [3.05, 3.63) is 121 Å². The van der Waals surface area contributed by atoms with Gasteiger partial charge in [0, 0.05) is 27.3 Å². The molecule has 0 atom stereocenters. The maximum atomic E-state index is 6.38. The molecule has 2 nitrogen and oxygen atoms in total. The Morgan fingerprint density at radius 1 is 0.444 bits per heavy atom. The largest absolute Gasteiger partial charge is 0.456 e. The van der Waals surface area contributed by atoms with Crippen LogP contribution in [0.25, 0.3) is 66.1 Å². The lowest BCUT2D eigenvalue weighted by Gasteiger charge is -2.22. The summed E-state index contributed by atoms with van der Waals surface area (Å²) in [5, 5.41) is 4.65. The molecule has 7 aromatic rings.